The van der Waals surface area contributed by atoms with Crippen LogP contribution in [-0.2, 0) is 0 Å². The zero-order chi connectivity index (χ0) is 21.8. The number of benzene rings is 3. The minimum Gasteiger partial charge on any atom is -0.497 e. The Morgan fingerprint density at radius 1 is 0.871 bits per heavy atom. The van der Waals surface area contributed by atoms with Gasteiger partial charge in [0.1, 0.15) is 29.6 Å². The Kier molecular flexibility index (Phi) is 6.68. The van der Waals surface area contributed by atoms with Gasteiger partial charge in [-0.25, -0.2) is 0 Å². The van der Waals surface area contributed by atoms with Gasteiger partial charge in [0.25, 0.3) is 0 Å². The fourth-order valence-electron chi connectivity index (χ4n) is 3.22. The van der Waals surface area contributed by atoms with Gasteiger partial charge in [-0.15, -0.1) is 11.3 Å². The molecule has 4 rings (SSSR count). The molecule has 1 atom stereocenters. The molecule has 0 fully saturated rings. The summed E-state index contributed by atoms with van der Waals surface area (Å²) in [7, 11) is 3.36. The lowest BCUT2D eigenvalue weighted by atomic mass is 10.1. The molecule has 1 unspecified atom stereocenters. The molecule has 160 valence electrons. The molecule has 4 nitrogen and oxygen atoms in total. The van der Waals surface area contributed by atoms with Gasteiger partial charge in [0.2, 0.25) is 0 Å². The number of fused-ring (bicyclic) bond motifs is 1. The van der Waals surface area contributed by atoms with Crippen molar-refractivity contribution in [2.24, 2.45) is 0 Å². The van der Waals surface area contributed by atoms with Crippen LogP contribution >= 0.6 is 27.3 Å². The van der Waals surface area contributed by atoms with Crippen LogP contribution < -0.4 is 18.9 Å². The van der Waals surface area contributed by atoms with Crippen LogP contribution in [0.5, 0.6) is 28.7 Å². The van der Waals surface area contributed by atoms with Crippen LogP contribution in [0.3, 0.4) is 0 Å². The number of para-hydroxylation sites is 1. The van der Waals surface area contributed by atoms with Crippen LogP contribution in [-0.4, -0.2) is 25.7 Å². The Morgan fingerprint density at radius 2 is 1.58 bits per heavy atom. The molecule has 6 heteroatoms. The Hall–Kier alpha value is -2.70. The molecule has 0 bridgehead atoms. The van der Waals surface area contributed by atoms with Crippen molar-refractivity contribution in [1.29, 1.82) is 0 Å². The number of hydrogen-bond acceptors (Lipinski definition) is 5. The largest absolute Gasteiger partial charge is 0.497 e. The van der Waals surface area contributed by atoms with E-state index in [1.807, 2.05) is 73.7 Å². The van der Waals surface area contributed by atoms with Gasteiger partial charge in [0, 0.05) is 20.5 Å². The van der Waals surface area contributed by atoms with Crippen molar-refractivity contribution in [3.8, 4) is 39.2 Å². The van der Waals surface area contributed by atoms with Gasteiger partial charge < -0.3 is 18.9 Å². The molecule has 0 saturated heterocycles. The Labute approximate surface area is 194 Å². The van der Waals surface area contributed by atoms with Crippen molar-refractivity contribution >= 4 is 37.4 Å². The minimum absolute atomic E-state index is 0.293. The summed E-state index contributed by atoms with van der Waals surface area (Å²) in [5, 5.41) is 1.03. The summed E-state index contributed by atoms with van der Waals surface area (Å²) in [6.07, 6.45) is 0. The third-order valence-corrected chi connectivity index (χ3v) is 6.16. The highest BCUT2D eigenvalue weighted by Gasteiger charge is 2.19. The van der Waals surface area contributed by atoms with E-state index in [-0.39, 0.29) is 0 Å². The molecule has 1 aromatic heterocycles. The van der Waals surface area contributed by atoms with E-state index in [9.17, 15) is 0 Å². The number of halogens is 1. The number of hydrogen-bond donors (Lipinski definition) is 0. The summed E-state index contributed by atoms with van der Waals surface area (Å²) in [6, 6.07) is 21.7. The first kappa shape index (κ1) is 21.5. The standard InChI is InChI=1S/C25H23BrO4S/c1-16(26)15-29-17-8-10-18(11-9-17)30-24-21-13-12-19(27-2)14-23(21)31-25(24)20-6-4-5-7-22(20)28-3/h4-14,16H,15H2,1-3H3. The van der Waals surface area contributed by atoms with Gasteiger partial charge >= 0.3 is 0 Å². The Bertz CT molecular complexity index is 1170. The molecule has 0 saturated carbocycles. The monoisotopic (exact) mass is 498 g/mol. The fraction of sp³-hybridized carbons (Fsp3) is 0.200. The summed E-state index contributed by atoms with van der Waals surface area (Å²) in [4.78, 5) is 1.30. The van der Waals surface area contributed by atoms with E-state index in [0.717, 1.165) is 49.3 Å². The second kappa shape index (κ2) is 9.62. The molecule has 0 aliphatic carbocycles. The van der Waals surface area contributed by atoms with E-state index in [1.165, 1.54) is 0 Å². The van der Waals surface area contributed by atoms with E-state index in [0.29, 0.717) is 11.4 Å². The highest BCUT2D eigenvalue weighted by Crippen LogP contribution is 2.49. The lowest BCUT2D eigenvalue weighted by Crippen LogP contribution is -2.06. The van der Waals surface area contributed by atoms with Crippen LogP contribution in [0.15, 0.2) is 66.7 Å². The third kappa shape index (κ3) is 4.81. The highest BCUT2D eigenvalue weighted by atomic mass is 79.9. The van der Waals surface area contributed by atoms with Crippen molar-refractivity contribution < 1.29 is 18.9 Å². The summed E-state index contributed by atoms with van der Waals surface area (Å²) in [5.41, 5.74) is 0.992. The van der Waals surface area contributed by atoms with Crippen LogP contribution in [0.2, 0.25) is 0 Å². The van der Waals surface area contributed by atoms with Crippen LogP contribution in [0, 0.1) is 0 Å². The molecule has 0 amide bonds. The van der Waals surface area contributed by atoms with Gasteiger partial charge in [0.05, 0.1) is 19.1 Å². The van der Waals surface area contributed by atoms with Crippen molar-refractivity contribution in [2.75, 3.05) is 20.8 Å². The predicted molar refractivity (Wildman–Crippen MR) is 131 cm³/mol. The SMILES string of the molecule is COc1ccc2c(Oc3ccc(OCC(C)Br)cc3)c(-c3ccccc3OC)sc2c1. The maximum absolute atomic E-state index is 6.42. The Morgan fingerprint density at radius 3 is 2.29 bits per heavy atom. The summed E-state index contributed by atoms with van der Waals surface area (Å²) >= 11 is 5.15. The topological polar surface area (TPSA) is 36.9 Å². The molecule has 0 aliphatic heterocycles. The molecule has 0 N–H and O–H groups in total. The first-order valence-corrected chi connectivity index (χ1v) is 11.6. The molecular weight excluding hydrogens is 476 g/mol. The smallest absolute Gasteiger partial charge is 0.154 e. The van der Waals surface area contributed by atoms with Crippen molar-refractivity contribution in [3.05, 3.63) is 66.7 Å². The van der Waals surface area contributed by atoms with E-state index in [1.54, 1.807) is 25.6 Å². The van der Waals surface area contributed by atoms with Crippen LogP contribution in [0.1, 0.15) is 6.92 Å². The fourth-order valence-corrected chi connectivity index (χ4v) is 4.54. The van der Waals surface area contributed by atoms with Gasteiger partial charge in [-0.1, -0.05) is 28.1 Å². The van der Waals surface area contributed by atoms with Crippen molar-refractivity contribution in [2.45, 2.75) is 11.8 Å². The quantitative estimate of drug-likeness (QED) is 0.235. The number of thiophene rings is 1. The maximum Gasteiger partial charge on any atom is 0.154 e. The normalized spacial score (nSPS) is 11.9. The Balaban J connectivity index is 1.75. The second-order valence-corrected chi connectivity index (χ2v) is 9.60. The number of methoxy groups -OCH3 is 2. The van der Waals surface area contributed by atoms with Crippen LogP contribution in [0.4, 0.5) is 0 Å². The molecule has 3 aromatic carbocycles. The number of ether oxygens (including phenoxy) is 4. The lowest BCUT2D eigenvalue weighted by molar-refractivity contribution is 0.323. The molecule has 0 aliphatic rings. The van der Waals surface area contributed by atoms with E-state index in [2.05, 4.69) is 15.9 Å². The zero-order valence-corrected chi connectivity index (χ0v) is 20.0. The lowest BCUT2D eigenvalue weighted by Gasteiger charge is -2.12. The summed E-state index contributed by atoms with van der Waals surface area (Å²) in [5.74, 6) is 3.97. The second-order valence-electron chi connectivity index (χ2n) is 6.99. The van der Waals surface area contributed by atoms with Gasteiger partial charge in [-0.2, -0.15) is 0 Å². The average Bonchev–Trinajstić information content (AvgIpc) is 3.15. The van der Waals surface area contributed by atoms with Crippen LogP contribution in [0.25, 0.3) is 20.5 Å². The van der Waals surface area contributed by atoms with Crippen molar-refractivity contribution in [1.82, 2.24) is 0 Å². The van der Waals surface area contributed by atoms with Crippen molar-refractivity contribution in [3.63, 3.8) is 0 Å². The maximum atomic E-state index is 6.42. The molecule has 31 heavy (non-hydrogen) atoms. The van der Waals surface area contributed by atoms with Gasteiger partial charge in [0.15, 0.2) is 5.75 Å². The average molecular weight is 499 g/mol. The first-order chi connectivity index (χ1) is 15.1. The van der Waals surface area contributed by atoms with E-state index < -0.39 is 0 Å². The third-order valence-electron chi connectivity index (χ3n) is 4.73. The molecule has 4 aromatic rings. The summed E-state index contributed by atoms with van der Waals surface area (Å²) < 4.78 is 24.3. The molecule has 1 heterocycles. The minimum atomic E-state index is 0.293. The molecule has 0 spiro atoms. The molecule has 0 radical (unpaired) electrons. The van der Waals surface area contributed by atoms with Gasteiger partial charge in [-0.3, -0.25) is 0 Å². The number of alkyl halides is 1. The number of rotatable bonds is 8. The van der Waals surface area contributed by atoms with E-state index in [4.69, 9.17) is 18.9 Å². The highest BCUT2D eigenvalue weighted by molar-refractivity contribution is 9.09. The predicted octanol–water partition coefficient (Wildman–Crippen LogP) is 7.54. The molecular formula is C25H23BrO4S. The first-order valence-electron chi connectivity index (χ1n) is 9.87. The van der Waals surface area contributed by atoms with E-state index >= 15 is 0 Å². The summed E-state index contributed by atoms with van der Waals surface area (Å²) in [6.45, 7) is 2.66. The van der Waals surface area contributed by atoms with Gasteiger partial charge in [-0.05, 0) is 61.5 Å². The zero-order valence-electron chi connectivity index (χ0n) is 17.6.